The van der Waals surface area contributed by atoms with Crippen LogP contribution in [0.3, 0.4) is 0 Å². The van der Waals surface area contributed by atoms with Gasteiger partial charge in [0.2, 0.25) is 0 Å². The molecular formula is C19H20N4O3S. The fourth-order valence-electron chi connectivity index (χ4n) is 2.55. The minimum absolute atomic E-state index is 0.250. The number of hydrogen-bond donors (Lipinski definition) is 2. The van der Waals surface area contributed by atoms with Crippen molar-refractivity contribution >= 4 is 33.4 Å². The third kappa shape index (κ3) is 4.06. The zero-order chi connectivity index (χ0) is 19.6. The number of fused-ring (bicyclic) bond motifs is 1. The van der Waals surface area contributed by atoms with Crippen LogP contribution in [0.25, 0.3) is 10.2 Å². The van der Waals surface area contributed by atoms with Crippen molar-refractivity contribution in [1.82, 2.24) is 15.0 Å². The van der Waals surface area contributed by atoms with E-state index in [0.717, 1.165) is 27.1 Å². The zero-order valence-electron chi connectivity index (χ0n) is 15.3. The van der Waals surface area contributed by atoms with Crippen molar-refractivity contribution in [2.75, 3.05) is 12.0 Å². The molecule has 0 radical (unpaired) electrons. The van der Waals surface area contributed by atoms with Crippen LogP contribution in [0.15, 0.2) is 35.4 Å². The molecule has 2 N–H and O–H groups in total. The molecule has 3 rings (SSSR count). The number of rotatable bonds is 5. The van der Waals surface area contributed by atoms with Gasteiger partial charge in [-0.3, -0.25) is 19.8 Å². The largest absolute Gasteiger partial charge is 0.343 e. The Morgan fingerprint density at radius 1 is 1.19 bits per heavy atom. The number of thiophene rings is 1. The average molecular weight is 384 g/mol. The quantitative estimate of drug-likeness (QED) is 0.705. The fourth-order valence-corrected chi connectivity index (χ4v) is 3.47. The first kappa shape index (κ1) is 18.8. The topological polar surface area (TPSA) is 93.1 Å². The van der Waals surface area contributed by atoms with Gasteiger partial charge in [-0.2, -0.15) is 0 Å². The van der Waals surface area contributed by atoms with E-state index in [4.69, 9.17) is 0 Å². The number of nitrogens with one attached hydrogen (secondary N) is 2. The highest BCUT2D eigenvalue weighted by Crippen LogP contribution is 2.20. The third-order valence-electron chi connectivity index (χ3n) is 4.28. The molecule has 8 heteroatoms. The van der Waals surface area contributed by atoms with Gasteiger partial charge in [0.05, 0.1) is 11.9 Å². The predicted molar refractivity (Wildman–Crippen MR) is 106 cm³/mol. The molecule has 0 fully saturated rings. The van der Waals surface area contributed by atoms with Crippen molar-refractivity contribution in [2.24, 2.45) is 0 Å². The van der Waals surface area contributed by atoms with Gasteiger partial charge < -0.3 is 5.32 Å². The van der Waals surface area contributed by atoms with Crippen LogP contribution in [-0.4, -0.2) is 28.0 Å². The van der Waals surface area contributed by atoms with Gasteiger partial charge in [0, 0.05) is 10.4 Å². The second kappa shape index (κ2) is 7.71. The van der Waals surface area contributed by atoms with Crippen LogP contribution >= 0.6 is 11.3 Å². The van der Waals surface area contributed by atoms with Gasteiger partial charge in [-0.25, -0.2) is 9.66 Å². The van der Waals surface area contributed by atoms with E-state index in [1.54, 1.807) is 18.2 Å². The van der Waals surface area contributed by atoms with E-state index in [-0.39, 0.29) is 18.0 Å². The highest BCUT2D eigenvalue weighted by molar-refractivity contribution is 7.18. The first-order valence-corrected chi connectivity index (χ1v) is 9.36. The summed E-state index contributed by atoms with van der Waals surface area (Å²) < 4.78 is 1.04. The summed E-state index contributed by atoms with van der Waals surface area (Å²) in [6.07, 6.45) is 2.10. The maximum Gasteiger partial charge on any atom is 0.280 e. The molecule has 140 valence electrons. The summed E-state index contributed by atoms with van der Waals surface area (Å²) in [5.41, 5.74) is 4.68. The molecular weight excluding hydrogens is 364 g/mol. The molecule has 27 heavy (non-hydrogen) atoms. The number of hydrogen-bond acceptors (Lipinski definition) is 5. The second-order valence-electron chi connectivity index (χ2n) is 6.22. The highest BCUT2D eigenvalue weighted by atomic mass is 32.1. The number of benzene rings is 1. The summed E-state index contributed by atoms with van der Waals surface area (Å²) >= 11 is 1.46. The smallest absolute Gasteiger partial charge is 0.280 e. The molecule has 3 aromatic rings. The van der Waals surface area contributed by atoms with Crippen LogP contribution in [0.2, 0.25) is 0 Å². The number of amides is 2. The van der Waals surface area contributed by atoms with Gasteiger partial charge >= 0.3 is 0 Å². The van der Waals surface area contributed by atoms with Crippen LogP contribution in [0, 0.1) is 13.8 Å². The number of carbonyl (C=O) groups excluding carboxylic acids is 2. The summed E-state index contributed by atoms with van der Waals surface area (Å²) in [5, 5.41) is 3.02. The van der Waals surface area contributed by atoms with E-state index in [9.17, 15) is 14.4 Å². The standard InChI is InChI=1S/C19H20N4O3S/c1-4-14-8-15-18(27-14)21-10-23(19(15)26)22-16(24)9-20-17(25)13-6-5-11(2)12(3)7-13/h5-8,10H,4,9H2,1-3H3,(H,20,25)(H,22,24). The lowest BCUT2D eigenvalue weighted by Crippen LogP contribution is -2.39. The van der Waals surface area contributed by atoms with Crippen molar-refractivity contribution in [1.29, 1.82) is 0 Å². The van der Waals surface area contributed by atoms with Crippen LogP contribution in [-0.2, 0) is 11.2 Å². The number of aryl methyl sites for hydroxylation is 3. The first-order chi connectivity index (χ1) is 12.9. The summed E-state index contributed by atoms with van der Waals surface area (Å²) in [4.78, 5) is 42.6. The van der Waals surface area contributed by atoms with Gasteiger partial charge in [-0.1, -0.05) is 13.0 Å². The van der Waals surface area contributed by atoms with Crippen LogP contribution in [0.1, 0.15) is 33.3 Å². The monoisotopic (exact) mass is 384 g/mol. The molecule has 0 aliphatic carbocycles. The fraction of sp³-hybridized carbons (Fsp3) is 0.263. The van der Waals surface area contributed by atoms with Crippen LogP contribution < -0.4 is 16.3 Å². The number of aromatic nitrogens is 2. The average Bonchev–Trinajstić information content (AvgIpc) is 3.08. The van der Waals surface area contributed by atoms with Gasteiger partial charge in [-0.15, -0.1) is 11.3 Å². The van der Waals surface area contributed by atoms with E-state index in [1.807, 2.05) is 26.8 Å². The Kier molecular flexibility index (Phi) is 5.36. The lowest BCUT2D eigenvalue weighted by molar-refractivity contribution is -0.116. The lowest BCUT2D eigenvalue weighted by atomic mass is 10.1. The molecule has 0 saturated carbocycles. The predicted octanol–water partition coefficient (Wildman–Crippen LogP) is 2.14. The molecule has 0 aliphatic heterocycles. The van der Waals surface area contributed by atoms with E-state index >= 15 is 0 Å². The molecule has 7 nitrogen and oxygen atoms in total. The van der Waals surface area contributed by atoms with E-state index in [2.05, 4.69) is 15.7 Å². The maximum atomic E-state index is 12.4. The van der Waals surface area contributed by atoms with Crippen LogP contribution in [0.4, 0.5) is 0 Å². The Balaban J connectivity index is 1.66. The normalized spacial score (nSPS) is 10.8. The molecule has 0 spiro atoms. The maximum absolute atomic E-state index is 12.4. The third-order valence-corrected chi connectivity index (χ3v) is 5.46. The summed E-state index contributed by atoms with van der Waals surface area (Å²) in [6, 6.07) is 7.13. The first-order valence-electron chi connectivity index (χ1n) is 8.54. The van der Waals surface area contributed by atoms with Crippen molar-refractivity contribution < 1.29 is 9.59 Å². The number of nitrogens with zero attached hydrogens (tertiary/aromatic N) is 2. The van der Waals surface area contributed by atoms with Gasteiger partial charge in [0.25, 0.3) is 17.4 Å². The molecule has 0 aliphatic rings. The summed E-state index contributed by atoms with van der Waals surface area (Å²) in [5.74, 6) is -0.860. The van der Waals surface area contributed by atoms with Crippen LogP contribution in [0.5, 0.6) is 0 Å². The summed E-state index contributed by atoms with van der Waals surface area (Å²) in [7, 11) is 0. The minimum Gasteiger partial charge on any atom is -0.343 e. The molecule has 2 amide bonds. The zero-order valence-corrected chi connectivity index (χ0v) is 16.1. The van der Waals surface area contributed by atoms with Crippen molar-refractivity contribution in [2.45, 2.75) is 27.2 Å². The van der Waals surface area contributed by atoms with E-state index < -0.39 is 5.91 Å². The lowest BCUT2D eigenvalue weighted by Gasteiger charge is -2.09. The molecule has 2 aromatic heterocycles. The van der Waals surface area contributed by atoms with Crippen molar-refractivity contribution in [3.05, 3.63) is 62.5 Å². The second-order valence-corrected chi connectivity index (χ2v) is 7.34. The van der Waals surface area contributed by atoms with Gasteiger partial charge in [-0.05, 0) is 49.6 Å². The van der Waals surface area contributed by atoms with Gasteiger partial charge in [0.1, 0.15) is 11.2 Å². The Hall–Kier alpha value is -3.00. The Morgan fingerprint density at radius 3 is 2.67 bits per heavy atom. The molecule has 0 bridgehead atoms. The van der Waals surface area contributed by atoms with Crippen molar-refractivity contribution in [3.8, 4) is 0 Å². The Morgan fingerprint density at radius 2 is 1.96 bits per heavy atom. The van der Waals surface area contributed by atoms with Gasteiger partial charge in [0.15, 0.2) is 0 Å². The molecule has 0 atom stereocenters. The minimum atomic E-state index is -0.513. The molecule has 0 saturated heterocycles. The highest BCUT2D eigenvalue weighted by Gasteiger charge is 2.12. The molecule has 2 heterocycles. The Bertz CT molecular complexity index is 1080. The SMILES string of the molecule is CCc1cc2c(=O)n(NC(=O)CNC(=O)c3ccc(C)c(C)c3)cnc2s1. The summed E-state index contributed by atoms with van der Waals surface area (Å²) in [6.45, 7) is 5.64. The Labute approximate surface area is 160 Å². The van der Waals surface area contributed by atoms with Crippen molar-refractivity contribution in [3.63, 3.8) is 0 Å². The number of carbonyl (C=O) groups is 2. The van der Waals surface area contributed by atoms with E-state index in [0.29, 0.717) is 15.8 Å². The molecule has 0 unspecified atom stereocenters. The van der Waals surface area contributed by atoms with E-state index in [1.165, 1.54) is 17.7 Å². The molecule has 1 aromatic carbocycles.